The number of halogens is 1. The highest BCUT2D eigenvalue weighted by atomic mass is 79.9. The normalized spacial score (nSPS) is 12.6. The van der Waals surface area contributed by atoms with E-state index in [0.717, 1.165) is 38.1 Å². The molecule has 3 rings (SSSR count). The van der Waals surface area contributed by atoms with Gasteiger partial charge < -0.3 is 14.9 Å². The monoisotopic (exact) mass is 345 g/mol. The van der Waals surface area contributed by atoms with E-state index in [1.165, 1.54) is 0 Å². The van der Waals surface area contributed by atoms with Crippen LogP contribution in [-0.4, -0.2) is 7.11 Å². The SMILES string of the molecule is COc1ccc(C(N)c2cc3cccc(C)c3o2)cc1Br. The Hall–Kier alpha value is -1.78. The Morgan fingerprint density at radius 3 is 2.67 bits per heavy atom. The molecule has 3 nitrogen and oxygen atoms in total. The molecule has 1 atom stereocenters. The lowest BCUT2D eigenvalue weighted by Crippen LogP contribution is -2.10. The van der Waals surface area contributed by atoms with E-state index in [0.29, 0.717) is 0 Å². The number of hydrogen-bond donors (Lipinski definition) is 1. The molecule has 3 aromatic rings. The molecule has 0 bridgehead atoms. The van der Waals surface area contributed by atoms with Gasteiger partial charge in [0.05, 0.1) is 17.6 Å². The van der Waals surface area contributed by atoms with Gasteiger partial charge in [-0.3, -0.25) is 0 Å². The van der Waals surface area contributed by atoms with E-state index in [9.17, 15) is 0 Å². The van der Waals surface area contributed by atoms with Crippen LogP contribution in [0.5, 0.6) is 5.75 Å². The number of hydrogen-bond acceptors (Lipinski definition) is 3. The third kappa shape index (κ3) is 2.57. The fourth-order valence-electron chi connectivity index (χ4n) is 2.42. The van der Waals surface area contributed by atoms with Gasteiger partial charge in [0.15, 0.2) is 0 Å². The molecule has 21 heavy (non-hydrogen) atoms. The number of ether oxygens (including phenoxy) is 1. The second-order valence-electron chi connectivity index (χ2n) is 5.01. The number of benzene rings is 2. The Balaban J connectivity index is 2.01. The minimum Gasteiger partial charge on any atom is -0.496 e. The van der Waals surface area contributed by atoms with E-state index in [1.807, 2.05) is 49.4 Å². The third-order valence-electron chi connectivity index (χ3n) is 3.60. The van der Waals surface area contributed by atoms with Crippen molar-refractivity contribution in [1.29, 1.82) is 0 Å². The minimum absolute atomic E-state index is 0.306. The van der Waals surface area contributed by atoms with Crippen LogP contribution in [0.25, 0.3) is 11.0 Å². The van der Waals surface area contributed by atoms with Gasteiger partial charge in [-0.15, -0.1) is 0 Å². The Labute approximate surface area is 131 Å². The van der Waals surface area contributed by atoms with Crippen LogP contribution in [0, 0.1) is 6.92 Å². The van der Waals surface area contributed by atoms with Gasteiger partial charge in [0, 0.05) is 5.39 Å². The van der Waals surface area contributed by atoms with Crippen LogP contribution in [0.1, 0.15) is 22.9 Å². The van der Waals surface area contributed by atoms with Gasteiger partial charge in [-0.05, 0) is 52.2 Å². The predicted octanol–water partition coefficient (Wildman–Crippen LogP) is 4.56. The third-order valence-corrected chi connectivity index (χ3v) is 4.22. The summed E-state index contributed by atoms with van der Waals surface area (Å²) in [7, 11) is 1.64. The van der Waals surface area contributed by atoms with Gasteiger partial charge in [-0.2, -0.15) is 0 Å². The zero-order valence-electron chi connectivity index (χ0n) is 11.9. The lowest BCUT2D eigenvalue weighted by atomic mass is 10.0. The van der Waals surface area contributed by atoms with Crippen molar-refractivity contribution in [3.8, 4) is 5.75 Å². The van der Waals surface area contributed by atoms with Crippen LogP contribution in [0.15, 0.2) is 51.4 Å². The van der Waals surface area contributed by atoms with Gasteiger partial charge in [0.25, 0.3) is 0 Å². The van der Waals surface area contributed by atoms with Crippen molar-refractivity contribution in [3.05, 3.63) is 63.8 Å². The second kappa shape index (κ2) is 5.54. The van der Waals surface area contributed by atoms with Crippen molar-refractivity contribution < 1.29 is 9.15 Å². The van der Waals surface area contributed by atoms with Crippen LogP contribution in [0.3, 0.4) is 0 Å². The van der Waals surface area contributed by atoms with Crippen LogP contribution in [-0.2, 0) is 0 Å². The molecule has 0 aliphatic rings. The summed E-state index contributed by atoms with van der Waals surface area (Å²) < 4.78 is 12.1. The van der Waals surface area contributed by atoms with Crippen molar-refractivity contribution in [3.63, 3.8) is 0 Å². The molecule has 1 aromatic heterocycles. The van der Waals surface area contributed by atoms with E-state index in [1.54, 1.807) is 7.11 Å². The maximum Gasteiger partial charge on any atom is 0.137 e. The van der Waals surface area contributed by atoms with Gasteiger partial charge in [-0.1, -0.05) is 24.3 Å². The molecule has 0 saturated heterocycles. The molecular weight excluding hydrogens is 330 g/mol. The van der Waals surface area contributed by atoms with Crippen molar-refractivity contribution in [2.75, 3.05) is 7.11 Å². The summed E-state index contributed by atoms with van der Waals surface area (Å²) in [6.45, 7) is 2.03. The van der Waals surface area contributed by atoms with E-state index in [-0.39, 0.29) is 6.04 Å². The van der Waals surface area contributed by atoms with E-state index >= 15 is 0 Å². The fraction of sp³-hybridized carbons (Fsp3) is 0.176. The van der Waals surface area contributed by atoms with Crippen molar-refractivity contribution in [2.24, 2.45) is 5.73 Å². The van der Waals surface area contributed by atoms with Crippen LogP contribution >= 0.6 is 15.9 Å². The van der Waals surface area contributed by atoms with Gasteiger partial charge >= 0.3 is 0 Å². The molecule has 0 aliphatic carbocycles. The maximum absolute atomic E-state index is 6.34. The van der Waals surface area contributed by atoms with Crippen molar-refractivity contribution in [1.82, 2.24) is 0 Å². The topological polar surface area (TPSA) is 48.4 Å². The van der Waals surface area contributed by atoms with E-state index in [4.69, 9.17) is 14.9 Å². The molecule has 1 heterocycles. The molecule has 0 saturated carbocycles. The average molecular weight is 346 g/mol. The number of methoxy groups -OCH3 is 1. The second-order valence-corrected chi connectivity index (χ2v) is 5.87. The number of furan rings is 1. The number of nitrogens with two attached hydrogens (primary N) is 1. The average Bonchev–Trinajstić information content (AvgIpc) is 2.92. The summed E-state index contributed by atoms with van der Waals surface area (Å²) in [6.07, 6.45) is 0. The largest absolute Gasteiger partial charge is 0.496 e. The van der Waals surface area contributed by atoms with E-state index < -0.39 is 0 Å². The molecule has 0 radical (unpaired) electrons. The summed E-state index contributed by atoms with van der Waals surface area (Å²) in [6, 6.07) is 13.6. The number of rotatable bonds is 3. The summed E-state index contributed by atoms with van der Waals surface area (Å²) in [5, 5.41) is 1.08. The van der Waals surface area contributed by atoms with Gasteiger partial charge in [-0.25, -0.2) is 0 Å². The molecule has 0 aliphatic heterocycles. The quantitative estimate of drug-likeness (QED) is 0.756. The standard InChI is InChI=1S/C17H16BrNO2/c1-10-4-3-5-12-9-15(21-17(10)12)16(19)11-6-7-14(20-2)13(18)8-11/h3-9,16H,19H2,1-2H3. The zero-order valence-corrected chi connectivity index (χ0v) is 13.5. The Kier molecular flexibility index (Phi) is 3.74. The highest BCUT2D eigenvalue weighted by Gasteiger charge is 2.16. The van der Waals surface area contributed by atoms with Crippen LogP contribution < -0.4 is 10.5 Å². The Bertz CT molecular complexity index is 795. The van der Waals surface area contributed by atoms with Crippen molar-refractivity contribution >= 4 is 26.9 Å². The summed E-state index contributed by atoms with van der Waals surface area (Å²) in [5.74, 6) is 1.54. The first kappa shape index (κ1) is 14.2. The van der Waals surface area contributed by atoms with Crippen LogP contribution in [0.4, 0.5) is 0 Å². The number of aryl methyl sites for hydroxylation is 1. The molecule has 2 aromatic carbocycles. The first-order valence-electron chi connectivity index (χ1n) is 6.68. The lowest BCUT2D eigenvalue weighted by Gasteiger charge is -2.11. The van der Waals surface area contributed by atoms with Gasteiger partial charge in [0.1, 0.15) is 17.1 Å². The summed E-state index contributed by atoms with van der Waals surface area (Å²) in [5.41, 5.74) is 9.32. The van der Waals surface area contributed by atoms with E-state index in [2.05, 4.69) is 15.9 Å². The smallest absolute Gasteiger partial charge is 0.137 e. The molecule has 1 unspecified atom stereocenters. The molecular formula is C17H16BrNO2. The highest BCUT2D eigenvalue weighted by molar-refractivity contribution is 9.10. The summed E-state index contributed by atoms with van der Waals surface area (Å²) in [4.78, 5) is 0. The molecule has 108 valence electrons. The molecule has 4 heteroatoms. The molecule has 0 amide bonds. The maximum atomic E-state index is 6.34. The fourth-order valence-corrected chi connectivity index (χ4v) is 2.98. The predicted molar refractivity (Wildman–Crippen MR) is 87.7 cm³/mol. The highest BCUT2D eigenvalue weighted by Crippen LogP contribution is 2.32. The first-order chi connectivity index (χ1) is 10.1. The lowest BCUT2D eigenvalue weighted by molar-refractivity contribution is 0.411. The molecule has 0 spiro atoms. The Morgan fingerprint density at radius 1 is 1.19 bits per heavy atom. The number of fused-ring (bicyclic) bond motifs is 1. The Morgan fingerprint density at radius 2 is 2.00 bits per heavy atom. The number of para-hydroxylation sites is 1. The van der Waals surface area contributed by atoms with Gasteiger partial charge in [0.2, 0.25) is 0 Å². The van der Waals surface area contributed by atoms with Crippen molar-refractivity contribution in [2.45, 2.75) is 13.0 Å². The van der Waals surface area contributed by atoms with Crippen LogP contribution in [0.2, 0.25) is 0 Å². The molecule has 2 N–H and O–H groups in total. The first-order valence-corrected chi connectivity index (χ1v) is 7.47. The zero-order chi connectivity index (χ0) is 15.0. The summed E-state index contributed by atoms with van der Waals surface area (Å²) >= 11 is 3.48. The minimum atomic E-state index is -0.306. The molecule has 0 fully saturated rings.